The fourth-order valence-electron chi connectivity index (χ4n) is 1.79. The number of nitrogens with one attached hydrogen (secondary N) is 1. The quantitative estimate of drug-likeness (QED) is 0.902. The maximum absolute atomic E-state index is 12.3. The molecule has 1 N–H and O–H groups in total. The zero-order chi connectivity index (χ0) is 13.8. The van der Waals surface area contributed by atoms with Crippen molar-refractivity contribution < 1.29 is 14.3 Å². The van der Waals surface area contributed by atoms with Gasteiger partial charge in [-0.25, -0.2) is 0 Å². The van der Waals surface area contributed by atoms with E-state index >= 15 is 0 Å². The third-order valence-corrected chi connectivity index (χ3v) is 3.33. The monoisotopic (exact) mass is 264 g/mol. The van der Waals surface area contributed by atoms with Crippen molar-refractivity contribution in [2.24, 2.45) is 5.92 Å². The van der Waals surface area contributed by atoms with Crippen molar-refractivity contribution in [1.82, 2.24) is 10.3 Å². The van der Waals surface area contributed by atoms with Gasteiger partial charge in [-0.15, -0.1) is 0 Å². The molecule has 1 aromatic heterocycles. The Hall–Kier alpha value is -1.46. The van der Waals surface area contributed by atoms with Gasteiger partial charge in [-0.05, 0) is 18.9 Å². The molecule has 1 fully saturated rings. The summed E-state index contributed by atoms with van der Waals surface area (Å²) in [5.41, 5.74) is 1.25. The van der Waals surface area contributed by atoms with E-state index < -0.39 is 6.29 Å². The highest BCUT2D eigenvalue weighted by atomic mass is 16.7. The molecule has 2 heterocycles. The van der Waals surface area contributed by atoms with Crippen LogP contribution in [0.2, 0.25) is 0 Å². The first kappa shape index (κ1) is 14.0. The molecular formula is C14H20N2O3. The molecule has 0 saturated carbocycles. The molecule has 0 bridgehead atoms. The van der Waals surface area contributed by atoms with E-state index in [1.807, 2.05) is 6.92 Å². The maximum atomic E-state index is 12.3. The summed E-state index contributed by atoms with van der Waals surface area (Å²) in [6.45, 7) is 7.23. The Kier molecular flexibility index (Phi) is 4.50. The van der Waals surface area contributed by atoms with E-state index in [4.69, 9.17) is 9.47 Å². The largest absolute Gasteiger partial charge is 0.349 e. The van der Waals surface area contributed by atoms with Gasteiger partial charge in [0, 0.05) is 24.0 Å². The Balaban J connectivity index is 2.17. The molecular weight excluding hydrogens is 244 g/mol. The summed E-state index contributed by atoms with van der Waals surface area (Å²) in [7, 11) is 0. The second-order valence-corrected chi connectivity index (χ2v) is 5.04. The highest BCUT2D eigenvalue weighted by Gasteiger charge is 2.24. The van der Waals surface area contributed by atoms with Crippen LogP contribution in [0.25, 0.3) is 0 Å². The van der Waals surface area contributed by atoms with Crippen LogP contribution in [0.15, 0.2) is 18.5 Å². The minimum absolute atomic E-state index is 0.103. The molecule has 1 aliphatic rings. The van der Waals surface area contributed by atoms with Crippen LogP contribution in [-0.4, -0.2) is 30.1 Å². The first-order valence-electron chi connectivity index (χ1n) is 6.57. The normalized spacial score (nSPS) is 17.7. The van der Waals surface area contributed by atoms with Crippen molar-refractivity contribution in [3.05, 3.63) is 29.6 Å². The molecule has 0 aliphatic carbocycles. The number of ether oxygens (including phenoxy) is 2. The Labute approximate surface area is 113 Å². The summed E-state index contributed by atoms with van der Waals surface area (Å²) in [5, 5.41) is 2.97. The lowest BCUT2D eigenvalue weighted by atomic mass is 10.0. The zero-order valence-electron chi connectivity index (χ0n) is 11.6. The molecule has 5 heteroatoms. The van der Waals surface area contributed by atoms with Gasteiger partial charge < -0.3 is 14.8 Å². The lowest BCUT2D eigenvalue weighted by molar-refractivity contribution is -0.0446. The Bertz CT molecular complexity index is 442. The summed E-state index contributed by atoms with van der Waals surface area (Å²) < 4.78 is 10.9. The Morgan fingerprint density at radius 3 is 2.68 bits per heavy atom. The van der Waals surface area contributed by atoms with Gasteiger partial charge in [0.15, 0.2) is 6.29 Å². The summed E-state index contributed by atoms with van der Waals surface area (Å²) in [6.07, 6.45) is 2.74. The van der Waals surface area contributed by atoms with Crippen LogP contribution in [-0.2, 0) is 9.47 Å². The average Bonchev–Trinajstić information content (AvgIpc) is 2.92. The number of hydrogen-bond donors (Lipinski definition) is 1. The third-order valence-electron chi connectivity index (χ3n) is 3.33. The van der Waals surface area contributed by atoms with E-state index in [0.29, 0.717) is 24.7 Å². The van der Waals surface area contributed by atoms with Gasteiger partial charge in [-0.1, -0.05) is 13.8 Å². The van der Waals surface area contributed by atoms with Gasteiger partial charge in [0.1, 0.15) is 0 Å². The van der Waals surface area contributed by atoms with Crippen molar-refractivity contribution >= 4 is 5.91 Å². The molecule has 5 nitrogen and oxygen atoms in total. The van der Waals surface area contributed by atoms with Gasteiger partial charge in [0.2, 0.25) is 0 Å². The van der Waals surface area contributed by atoms with Crippen LogP contribution in [0.4, 0.5) is 0 Å². The van der Waals surface area contributed by atoms with Crippen molar-refractivity contribution in [2.75, 3.05) is 13.2 Å². The fourth-order valence-corrected chi connectivity index (χ4v) is 1.79. The molecule has 0 aromatic carbocycles. The molecule has 1 unspecified atom stereocenters. The first-order valence-corrected chi connectivity index (χ1v) is 6.57. The number of aromatic nitrogens is 1. The van der Waals surface area contributed by atoms with Gasteiger partial charge in [-0.2, -0.15) is 0 Å². The van der Waals surface area contributed by atoms with Crippen LogP contribution in [0.3, 0.4) is 0 Å². The summed E-state index contributed by atoms with van der Waals surface area (Å²) >= 11 is 0. The van der Waals surface area contributed by atoms with Gasteiger partial charge in [-0.3, -0.25) is 9.78 Å². The van der Waals surface area contributed by atoms with Crippen LogP contribution in [0.5, 0.6) is 0 Å². The standard InChI is InChI=1S/C14H20N2O3/c1-9(2)10(3)16-13(17)12-8-15-5-4-11(12)14-18-6-7-19-14/h4-5,8-10,14H,6-7H2,1-3H3,(H,16,17). The highest BCUT2D eigenvalue weighted by Crippen LogP contribution is 2.25. The van der Waals surface area contributed by atoms with Crippen LogP contribution in [0.1, 0.15) is 43.0 Å². The van der Waals surface area contributed by atoms with E-state index in [2.05, 4.69) is 24.1 Å². The molecule has 19 heavy (non-hydrogen) atoms. The minimum atomic E-state index is -0.460. The van der Waals surface area contributed by atoms with E-state index in [0.717, 1.165) is 5.56 Å². The topological polar surface area (TPSA) is 60.5 Å². The lowest BCUT2D eigenvalue weighted by Gasteiger charge is -2.19. The first-order chi connectivity index (χ1) is 9.09. The van der Waals surface area contributed by atoms with E-state index in [1.165, 1.54) is 0 Å². The number of carbonyl (C=O) groups is 1. The molecule has 1 saturated heterocycles. The maximum Gasteiger partial charge on any atom is 0.253 e. The fraction of sp³-hybridized carbons (Fsp3) is 0.571. The Morgan fingerprint density at radius 2 is 2.05 bits per heavy atom. The highest BCUT2D eigenvalue weighted by molar-refractivity contribution is 5.95. The van der Waals surface area contributed by atoms with Crippen LogP contribution in [0, 0.1) is 5.92 Å². The van der Waals surface area contributed by atoms with E-state index in [-0.39, 0.29) is 11.9 Å². The van der Waals surface area contributed by atoms with Crippen LogP contribution >= 0.6 is 0 Å². The average molecular weight is 264 g/mol. The molecule has 0 radical (unpaired) electrons. The third kappa shape index (κ3) is 3.30. The lowest BCUT2D eigenvalue weighted by Crippen LogP contribution is -2.36. The number of pyridine rings is 1. The number of rotatable bonds is 4. The molecule has 1 aliphatic heterocycles. The van der Waals surface area contributed by atoms with Gasteiger partial charge in [0.25, 0.3) is 5.91 Å². The summed E-state index contributed by atoms with van der Waals surface area (Å²) in [5.74, 6) is 0.242. The zero-order valence-corrected chi connectivity index (χ0v) is 11.6. The van der Waals surface area contributed by atoms with Crippen molar-refractivity contribution in [3.8, 4) is 0 Å². The number of amides is 1. The SMILES string of the molecule is CC(C)C(C)NC(=O)c1cnccc1C1OCCO1. The summed E-state index contributed by atoms with van der Waals surface area (Å²) in [6, 6.07) is 1.87. The van der Waals surface area contributed by atoms with Gasteiger partial charge >= 0.3 is 0 Å². The second kappa shape index (κ2) is 6.12. The molecule has 1 amide bonds. The molecule has 0 spiro atoms. The summed E-state index contributed by atoms with van der Waals surface area (Å²) in [4.78, 5) is 16.3. The van der Waals surface area contributed by atoms with Crippen molar-refractivity contribution in [2.45, 2.75) is 33.1 Å². The number of hydrogen-bond acceptors (Lipinski definition) is 4. The molecule has 1 atom stereocenters. The van der Waals surface area contributed by atoms with Crippen molar-refractivity contribution in [1.29, 1.82) is 0 Å². The van der Waals surface area contributed by atoms with Crippen LogP contribution < -0.4 is 5.32 Å². The van der Waals surface area contributed by atoms with E-state index in [1.54, 1.807) is 18.5 Å². The smallest absolute Gasteiger partial charge is 0.253 e. The van der Waals surface area contributed by atoms with Crippen molar-refractivity contribution in [3.63, 3.8) is 0 Å². The van der Waals surface area contributed by atoms with E-state index in [9.17, 15) is 4.79 Å². The number of nitrogens with zero attached hydrogens (tertiary/aromatic N) is 1. The second-order valence-electron chi connectivity index (χ2n) is 5.04. The predicted octanol–water partition coefficient (Wildman–Crippen LogP) is 1.90. The predicted molar refractivity (Wildman–Crippen MR) is 70.6 cm³/mol. The Morgan fingerprint density at radius 1 is 1.37 bits per heavy atom. The molecule has 104 valence electrons. The molecule has 1 aromatic rings. The molecule has 2 rings (SSSR count). The minimum Gasteiger partial charge on any atom is -0.349 e. The number of carbonyl (C=O) groups excluding carboxylic acids is 1. The van der Waals surface area contributed by atoms with Gasteiger partial charge in [0.05, 0.1) is 18.8 Å².